The molecule has 2 aliphatic rings. The van der Waals surface area contributed by atoms with Crippen LogP contribution in [-0.4, -0.2) is 25.9 Å². The van der Waals surface area contributed by atoms with Crippen LogP contribution in [0.1, 0.15) is 48.3 Å². The highest BCUT2D eigenvalue weighted by Gasteiger charge is 2.41. The largest absolute Gasteiger partial charge is 0.493 e. The molecule has 200 valence electrons. The molecule has 3 aromatic carbocycles. The average molecular weight is 588 g/mol. The molecule has 0 saturated heterocycles. The SMILES string of the molecule is COc1ccc([C@H]2CC(=O)C3=C(C2)NC(C)=C(C(=O)Nc2ccc(C)cc2)[C@H]3c2cccc(Br)c2)cc1OC. The van der Waals surface area contributed by atoms with E-state index in [2.05, 4.69) is 26.6 Å². The molecule has 0 spiro atoms. The fraction of sp³-hybridized carbons (Fsp3) is 0.250. The van der Waals surface area contributed by atoms with Gasteiger partial charge in [-0.2, -0.15) is 0 Å². The summed E-state index contributed by atoms with van der Waals surface area (Å²) in [7, 11) is 3.21. The number of carbonyl (C=O) groups excluding carboxylic acids is 2. The first-order valence-corrected chi connectivity index (χ1v) is 13.7. The number of carbonyl (C=O) groups is 2. The summed E-state index contributed by atoms with van der Waals surface area (Å²) in [5, 5.41) is 6.49. The monoisotopic (exact) mass is 586 g/mol. The number of methoxy groups -OCH3 is 2. The van der Waals surface area contributed by atoms with Crippen LogP contribution in [0.3, 0.4) is 0 Å². The number of dihydropyridines is 1. The number of halogens is 1. The summed E-state index contributed by atoms with van der Waals surface area (Å²) in [6.07, 6.45) is 0.984. The molecule has 7 heteroatoms. The Balaban J connectivity index is 1.54. The first-order chi connectivity index (χ1) is 18.8. The molecule has 0 radical (unpaired) electrons. The van der Waals surface area contributed by atoms with Gasteiger partial charge in [0.2, 0.25) is 0 Å². The van der Waals surface area contributed by atoms with Gasteiger partial charge in [0.05, 0.1) is 14.2 Å². The van der Waals surface area contributed by atoms with Gasteiger partial charge in [0, 0.05) is 45.0 Å². The fourth-order valence-corrected chi connectivity index (χ4v) is 5.95. The number of rotatable bonds is 6. The summed E-state index contributed by atoms with van der Waals surface area (Å²) in [5.41, 5.74) is 6.53. The van der Waals surface area contributed by atoms with Crippen LogP contribution < -0.4 is 20.1 Å². The lowest BCUT2D eigenvalue weighted by molar-refractivity contribution is -0.116. The summed E-state index contributed by atoms with van der Waals surface area (Å²) < 4.78 is 11.8. The summed E-state index contributed by atoms with van der Waals surface area (Å²) in [6, 6.07) is 21.3. The number of Topliss-reactive ketones (excluding diaryl/α,β-unsaturated/α-hetero) is 1. The smallest absolute Gasteiger partial charge is 0.254 e. The highest BCUT2D eigenvalue weighted by atomic mass is 79.9. The molecule has 1 aliphatic heterocycles. The van der Waals surface area contributed by atoms with Gasteiger partial charge in [0.25, 0.3) is 5.91 Å². The van der Waals surface area contributed by atoms with Crippen molar-refractivity contribution in [1.82, 2.24) is 5.32 Å². The van der Waals surface area contributed by atoms with Crippen molar-refractivity contribution in [3.63, 3.8) is 0 Å². The van der Waals surface area contributed by atoms with Crippen molar-refractivity contribution in [2.24, 2.45) is 0 Å². The number of benzene rings is 3. The molecule has 0 unspecified atom stereocenters. The van der Waals surface area contributed by atoms with Crippen LogP contribution in [-0.2, 0) is 9.59 Å². The second-order valence-electron chi connectivity index (χ2n) is 10.0. The van der Waals surface area contributed by atoms with Crippen LogP contribution in [0.25, 0.3) is 0 Å². The number of aryl methyl sites for hydroxylation is 1. The third-order valence-electron chi connectivity index (χ3n) is 7.44. The molecule has 0 bridgehead atoms. The maximum absolute atomic E-state index is 13.9. The standard InChI is InChI=1S/C32H31BrN2O4/c1-18-8-11-24(12-9-18)35-32(37)29-19(2)34-25-15-22(20-10-13-27(38-3)28(17-20)39-4)16-26(36)31(25)30(29)21-6-5-7-23(33)14-21/h5-14,17,22,30,34H,15-16H2,1-4H3,(H,35,37)/t22-,30-/m1/s1. The van der Waals surface area contributed by atoms with Crippen molar-refractivity contribution in [3.8, 4) is 11.5 Å². The molecule has 6 nitrogen and oxygen atoms in total. The van der Waals surface area contributed by atoms with E-state index >= 15 is 0 Å². The number of ether oxygens (including phenoxy) is 2. The van der Waals surface area contributed by atoms with Gasteiger partial charge in [-0.1, -0.05) is 51.8 Å². The van der Waals surface area contributed by atoms with Crippen LogP contribution in [0.4, 0.5) is 5.69 Å². The Morgan fingerprint density at radius 2 is 1.67 bits per heavy atom. The Labute approximate surface area is 237 Å². The van der Waals surface area contributed by atoms with Crippen molar-refractivity contribution < 1.29 is 19.1 Å². The molecule has 1 amide bonds. The molecule has 1 heterocycles. The summed E-state index contributed by atoms with van der Waals surface area (Å²) in [4.78, 5) is 27.7. The number of ketones is 1. The Morgan fingerprint density at radius 1 is 0.923 bits per heavy atom. The summed E-state index contributed by atoms with van der Waals surface area (Å²) in [6.45, 7) is 3.91. The minimum absolute atomic E-state index is 0.0255. The molecule has 2 atom stereocenters. The van der Waals surface area contributed by atoms with E-state index in [9.17, 15) is 9.59 Å². The van der Waals surface area contributed by atoms with Gasteiger partial charge in [-0.3, -0.25) is 9.59 Å². The number of hydrogen-bond acceptors (Lipinski definition) is 5. The van der Waals surface area contributed by atoms with E-state index < -0.39 is 5.92 Å². The van der Waals surface area contributed by atoms with Gasteiger partial charge < -0.3 is 20.1 Å². The zero-order chi connectivity index (χ0) is 27.7. The molecule has 39 heavy (non-hydrogen) atoms. The highest BCUT2D eigenvalue weighted by molar-refractivity contribution is 9.10. The summed E-state index contributed by atoms with van der Waals surface area (Å²) >= 11 is 3.57. The second kappa shape index (κ2) is 11.1. The quantitative estimate of drug-likeness (QED) is 0.333. The lowest BCUT2D eigenvalue weighted by atomic mass is 9.71. The molecule has 5 rings (SSSR count). The van der Waals surface area contributed by atoms with Crippen LogP contribution in [0.5, 0.6) is 11.5 Å². The maximum Gasteiger partial charge on any atom is 0.254 e. The number of amides is 1. The molecular weight excluding hydrogens is 556 g/mol. The number of nitrogens with one attached hydrogen (secondary N) is 2. The molecule has 0 fully saturated rings. The zero-order valence-corrected chi connectivity index (χ0v) is 24.0. The third kappa shape index (κ3) is 5.36. The van der Waals surface area contributed by atoms with Gasteiger partial charge in [-0.05, 0) is 73.7 Å². The van der Waals surface area contributed by atoms with Crippen molar-refractivity contribution in [2.45, 2.75) is 38.5 Å². The molecule has 1 aliphatic carbocycles. The predicted molar refractivity (Wildman–Crippen MR) is 156 cm³/mol. The van der Waals surface area contributed by atoms with Crippen molar-refractivity contribution in [3.05, 3.63) is 110 Å². The Bertz CT molecular complexity index is 1510. The van der Waals surface area contributed by atoms with Crippen LogP contribution in [0, 0.1) is 6.92 Å². The van der Waals surface area contributed by atoms with E-state index in [-0.39, 0.29) is 17.6 Å². The lowest BCUT2D eigenvalue weighted by Gasteiger charge is -2.37. The Hall–Kier alpha value is -3.84. The van der Waals surface area contributed by atoms with Crippen molar-refractivity contribution in [1.29, 1.82) is 0 Å². The minimum atomic E-state index is -0.483. The molecule has 3 aromatic rings. The van der Waals surface area contributed by atoms with Gasteiger partial charge >= 0.3 is 0 Å². The van der Waals surface area contributed by atoms with E-state index in [1.807, 2.05) is 80.6 Å². The van der Waals surface area contributed by atoms with Crippen LogP contribution in [0.15, 0.2) is 93.7 Å². The fourth-order valence-electron chi connectivity index (χ4n) is 5.54. The molecular formula is C32H31BrN2O4. The van der Waals surface area contributed by atoms with Crippen LogP contribution in [0.2, 0.25) is 0 Å². The second-order valence-corrected chi connectivity index (χ2v) is 10.9. The van der Waals surface area contributed by atoms with E-state index in [0.717, 1.165) is 32.6 Å². The first-order valence-electron chi connectivity index (χ1n) is 12.9. The van der Waals surface area contributed by atoms with Gasteiger partial charge in [-0.25, -0.2) is 0 Å². The van der Waals surface area contributed by atoms with E-state index in [1.165, 1.54) is 0 Å². The zero-order valence-electron chi connectivity index (χ0n) is 22.4. The average Bonchev–Trinajstić information content (AvgIpc) is 2.92. The minimum Gasteiger partial charge on any atom is -0.493 e. The van der Waals surface area contributed by atoms with E-state index in [0.29, 0.717) is 41.2 Å². The van der Waals surface area contributed by atoms with Gasteiger partial charge in [-0.15, -0.1) is 0 Å². The molecule has 0 aromatic heterocycles. The number of allylic oxidation sites excluding steroid dienone is 3. The van der Waals surface area contributed by atoms with E-state index in [1.54, 1.807) is 14.2 Å². The Morgan fingerprint density at radius 3 is 2.36 bits per heavy atom. The maximum atomic E-state index is 13.9. The Kier molecular flexibility index (Phi) is 7.62. The number of anilines is 1. The van der Waals surface area contributed by atoms with E-state index in [4.69, 9.17) is 9.47 Å². The molecule has 2 N–H and O–H groups in total. The highest BCUT2D eigenvalue weighted by Crippen LogP contribution is 2.46. The molecule has 0 saturated carbocycles. The first kappa shape index (κ1) is 26.8. The van der Waals surface area contributed by atoms with Crippen molar-refractivity contribution in [2.75, 3.05) is 19.5 Å². The summed E-state index contributed by atoms with van der Waals surface area (Å²) in [5.74, 6) is 0.580. The van der Waals surface area contributed by atoms with Crippen LogP contribution >= 0.6 is 15.9 Å². The lowest BCUT2D eigenvalue weighted by Crippen LogP contribution is -2.37. The predicted octanol–water partition coefficient (Wildman–Crippen LogP) is 6.78. The topological polar surface area (TPSA) is 76.7 Å². The van der Waals surface area contributed by atoms with Crippen molar-refractivity contribution >= 4 is 33.3 Å². The van der Waals surface area contributed by atoms with Gasteiger partial charge in [0.15, 0.2) is 17.3 Å². The van der Waals surface area contributed by atoms with Gasteiger partial charge in [0.1, 0.15) is 0 Å². The normalized spacial score (nSPS) is 18.8. The number of hydrogen-bond donors (Lipinski definition) is 2. The third-order valence-corrected chi connectivity index (χ3v) is 7.94.